The Bertz CT molecular complexity index is 904. The van der Waals surface area contributed by atoms with Gasteiger partial charge in [-0.25, -0.2) is 0 Å². The van der Waals surface area contributed by atoms with E-state index in [9.17, 15) is 14.7 Å². The molecule has 1 N–H and O–H groups in total. The van der Waals surface area contributed by atoms with Crippen molar-refractivity contribution in [3.05, 3.63) is 71.3 Å². The normalized spacial score (nSPS) is 18.5. The zero-order chi connectivity index (χ0) is 21.0. The first-order valence-electron chi connectivity index (χ1n) is 9.65. The van der Waals surface area contributed by atoms with Crippen LogP contribution in [0.3, 0.4) is 0 Å². The number of nitrogens with zero attached hydrogens (tertiary/aromatic N) is 2. The second kappa shape index (κ2) is 8.92. The Labute approximate surface area is 171 Å². The molecule has 29 heavy (non-hydrogen) atoms. The number of carbonyl (C=O) groups excluding carboxylic acids is 2. The summed E-state index contributed by atoms with van der Waals surface area (Å²) in [4.78, 5) is 29.2. The highest BCUT2D eigenvalue weighted by Gasteiger charge is 2.45. The summed E-state index contributed by atoms with van der Waals surface area (Å²) in [6.07, 6.45) is 0. The van der Waals surface area contributed by atoms with Gasteiger partial charge >= 0.3 is 0 Å². The molecule has 1 saturated heterocycles. The van der Waals surface area contributed by atoms with Crippen LogP contribution in [0.25, 0.3) is 5.76 Å². The van der Waals surface area contributed by atoms with Crippen molar-refractivity contribution in [3.8, 4) is 5.75 Å². The predicted molar refractivity (Wildman–Crippen MR) is 112 cm³/mol. The van der Waals surface area contributed by atoms with Crippen molar-refractivity contribution >= 4 is 17.4 Å². The molecular weight excluding hydrogens is 368 g/mol. The van der Waals surface area contributed by atoms with Crippen LogP contribution >= 0.6 is 0 Å². The van der Waals surface area contributed by atoms with Crippen molar-refractivity contribution in [1.29, 1.82) is 0 Å². The summed E-state index contributed by atoms with van der Waals surface area (Å²) in [6.45, 7) is 3.43. The highest BCUT2D eigenvalue weighted by atomic mass is 16.5. The largest absolute Gasteiger partial charge is 0.507 e. The highest BCUT2D eigenvalue weighted by Crippen LogP contribution is 2.39. The maximum atomic E-state index is 12.9. The molecule has 0 spiro atoms. The number of Topliss-reactive ketones (excluding diaryl/α,β-unsaturated/α-hetero) is 1. The third-order valence-electron chi connectivity index (χ3n) is 4.88. The lowest BCUT2D eigenvalue weighted by molar-refractivity contribution is -0.140. The van der Waals surface area contributed by atoms with Crippen LogP contribution in [0.2, 0.25) is 0 Å². The number of benzene rings is 2. The molecule has 0 aromatic heterocycles. The number of rotatable bonds is 7. The molecule has 2 aromatic carbocycles. The Morgan fingerprint density at radius 3 is 2.31 bits per heavy atom. The lowest BCUT2D eigenvalue weighted by atomic mass is 9.95. The molecule has 2 aromatic rings. The first-order valence-corrected chi connectivity index (χ1v) is 9.65. The van der Waals surface area contributed by atoms with Gasteiger partial charge in [0.2, 0.25) is 0 Å². The van der Waals surface area contributed by atoms with Crippen LogP contribution < -0.4 is 4.74 Å². The van der Waals surface area contributed by atoms with Crippen LogP contribution in [0.1, 0.15) is 24.1 Å². The van der Waals surface area contributed by atoms with Gasteiger partial charge in [-0.2, -0.15) is 0 Å². The average molecular weight is 394 g/mol. The van der Waals surface area contributed by atoms with Crippen LogP contribution in [0.15, 0.2) is 60.2 Å². The lowest BCUT2D eigenvalue weighted by Crippen LogP contribution is -2.35. The zero-order valence-corrected chi connectivity index (χ0v) is 17.0. The van der Waals surface area contributed by atoms with E-state index in [2.05, 4.69) is 0 Å². The Balaban J connectivity index is 2.07. The van der Waals surface area contributed by atoms with Crippen molar-refractivity contribution in [1.82, 2.24) is 9.80 Å². The summed E-state index contributed by atoms with van der Waals surface area (Å²) < 4.78 is 5.43. The van der Waals surface area contributed by atoms with E-state index in [-0.39, 0.29) is 11.3 Å². The van der Waals surface area contributed by atoms with E-state index >= 15 is 0 Å². The summed E-state index contributed by atoms with van der Waals surface area (Å²) in [7, 11) is 3.82. The molecule has 1 atom stereocenters. The van der Waals surface area contributed by atoms with Crippen molar-refractivity contribution in [2.45, 2.75) is 13.0 Å². The van der Waals surface area contributed by atoms with Crippen molar-refractivity contribution < 1.29 is 19.4 Å². The standard InChI is InChI=1S/C23H26N2O4/c1-4-29-18-12-10-17(11-13-18)21(26)19-20(16-8-6-5-7-9-16)25(15-14-24(2)3)23(28)22(19)27/h5-13,20,26H,4,14-15H2,1-3H3/b21-19-. The van der Waals surface area contributed by atoms with E-state index in [1.54, 1.807) is 24.3 Å². The number of carbonyl (C=O) groups is 2. The fourth-order valence-corrected chi connectivity index (χ4v) is 3.43. The zero-order valence-electron chi connectivity index (χ0n) is 17.0. The number of ketones is 1. The molecule has 152 valence electrons. The second-order valence-electron chi connectivity index (χ2n) is 7.16. The van der Waals surface area contributed by atoms with Gasteiger partial charge in [0, 0.05) is 18.7 Å². The van der Waals surface area contributed by atoms with Crippen LogP contribution in [-0.2, 0) is 9.59 Å². The van der Waals surface area contributed by atoms with Gasteiger partial charge in [-0.1, -0.05) is 30.3 Å². The summed E-state index contributed by atoms with van der Waals surface area (Å²) in [6, 6.07) is 15.6. The van der Waals surface area contributed by atoms with Gasteiger partial charge in [-0.3, -0.25) is 9.59 Å². The molecule has 1 fully saturated rings. The summed E-state index contributed by atoms with van der Waals surface area (Å²) >= 11 is 0. The van der Waals surface area contributed by atoms with Gasteiger partial charge in [0.15, 0.2) is 0 Å². The molecule has 1 heterocycles. The molecule has 1 aliphatic heterocycles. The minimum absolute atomic E-state index is 0.115. The van der Waals surface area contributed by atoms with Crippen molar-refractivity contribution in [2.24, 2.45) is 0 Å². The Morgan fingerprint density at radius 2 is 1.72 bits per heavy atom. The molecule has 3 rings (SSSR count). The number of likely N-dealkylation sites (N-methyl/N-ethyl adjacent to an activating group) is 1. The number of likely N-dealkylation sites (tertiary alicyclic amines) is 1. The number of hydrogen-bond donors (Lipinski definition) is 1. The van der Waals surface area contributed by atoms with Gasteiger partial charge in [-0.15, -0.1) is 0 Å². The SMILES string of the molecule is CCOc1ccc(/C(O)=C2/C(=O)C(=O)N(CCN(C)C)C2c2ccccc2)cc1. The first kappa shape index (κ1) is 20.6. The van der Waals surface area contributed by atoms with Gasteiger partial charge < -0.3 is 19.6 Å². The molecule has 6 nitrogen and oxygen atoms in total. The molecule has 0 saturated carbocycles. The topological polar surface area (TPSA) is 70.1 Å². The Morgan fingerprint density at radius 1 is 1.07 bits per heavy atom. The molecule has 0 aliphatic carbocycles. The molecule has 0 bridgehead atoms. The van der Waals surface area contributed by atoms with Crippen molar-refractivity contribution in [3.63, 3.8) is 0 Å². The summed E-state index contributed by atoms with van der Waals surface area (Å²) in [5.41, 5.74) is 1.38. The number of aliphatic hydroxyl groups excluding tert-OH is 1. The van der Waals surface area contributed by atoms with Gasteiger partial charge in [0.25, 0.3) is 11.7 Å². The predicted octanol–water partition coefficient (Wildman–Crippen LogP) is 3.07. The molecule has 1 amide bonds. The third kappa shape index (κ3) is 4.32. The molecule has 0 radical (unpaired) electrons. The number of hydrogen-bond acceptors (Lipinski definition) is 5. The lowest BCUT2D eigenvalue weighted by Gasteiger charge is -2.26. The smallest absolute Gasteiger partial charge is 0.295 e. The fraction of sp³-hybridized carbons (Fsp3) is 0.304. The molecular formula is C23H26N2O4. The van der Waals surface area contributed by atoms with Gasteiger partial charge in [0.1, 0.15) is 11.5 Å². The van der Waals surface area contributed by atoms with E-state index in [1.807, 2.05) is 56.3 Å². The quantitative estimate of drug-likeness (QED) is 0.444. The minimum atomic E-state index is -0.663. The van der Waals surface area contributed by atoms with Crippen molar-refractivity contribution in [2.75, 3.05) is 33.8 Å². The molecule has 1 unspecified atom stereocenters. The molecule has 1 aliphatic rings. The number of ether oxygens (including phenoxy) is 1. The Hall–Kier alpha value is -3.12. The Kier molecular flexibility index (Phi) is 6.34. The van der Waals surface area contributed by atoms with Crippen LogP contribution in [0, 0.1) is 0 Å². The van der Waals surface area contributed by atoms with E-state index in [4.69, 9.17) is 4.74 Å². The second-order valence-corrected chi connectivity index (χ2v) is 7.16. The first-order chi connectivity index (χ1) is 13.9. The summed E-state index contributed by atoms with van der Waals surface area (Å²) in [5.74, 6) is -0.750. The van der Waals surface area contributed by atoms with Crippen LogP contribution in [0.5, 0.6) is 5.75 Å². The summed E-state index contributed by atoms with van der Waals surface area (Å²) in [5, 5.41) is 11.0. The van der Waals surface area contributed by atoms with E-state index in [0.717, 1.165) is 5.56 Å². The van der Waals surface area contributed by atoms with Crippen LogP contribution in [-0.4, -0.2) is 60.4 Å². The maximum Gasteiger partial charge on any atom is 0.295 e. The van der Waals surface area contributed by atoms with E-state index < -0.39 is 17.7 Å². The third-order valence-corrected chi connectivity index (χ3v) is 4.88. The van der Waals surface area contributed by atoms with E-state index in [0.29, 0.717) is 31.0 Å². The van der Waals surface area contributed by atoms with Crippen LogP contribution in [0.4, 0.5) is 0 Å². The average Bonchev–Trinajstić information content (AvgIpc) is 2.98. The minimum Gasteiger partial charge on any atom is -0.507 e. The number of aliphatic hydroxyl groups is 1. The van der Waals surface area contributed by atoms with Gasteiger partial charge in [0.05, 0.1) is 18.2 Å². The fourth-order valence-electron chi connectivity index (χ4n) is 3.43. The van der Waals surface area contributed by atoms with E-state index in [1.165, 1.54) is 4.90 Å². The highest BCUT2D eigenvalue weighted by molar-refractivity contribution is 6.46. The number of amides is 1. The van der Waals surface area contributed by atoms with Gasteiger partial charge in [-0.05, 0) is 50.8 Å². The maximum absolute atomic E-state index is 12.9. The molecule has 6 heteroatoms. The monoisotopic (exact) mass is 394 g/mol.